The number of halogens is 3. The average Bonchev–Trinajstić information content (AvgIpc) is 3.07. The van der Waals surface area contributed by atoms with E-state index >= 15 is 0 Å². The Balaban J connectivity index is 1.62. The molecule has 0 unspecified atom stereocenters. The zero-order valence-electron chi connectivity index (χ0n) is 13.8. The quantitative estimate of drug-likeness (QED) is 0.746. The minimum absolute atomic E-state index is 0.280. The average molecular weight is 362 g/mol. The smallest absolute Gasteiger partial charge is 0.340 e. The number of piperidine rings is 1. The molecule has 0 saturated carbocycles. The fraction of sp³-hybridized carbons (Fsp3) is 0.353. The van der Waals surface area contributed by atoms with Crippen molar-refractivity contribution in [2.24, 2.45) is 0 Å². The SMILES string of the molecule is FC(F)(F)c1ccc(Nc2ncnc3c2cnn3C2CCNCC2)cc1. The molecule has 2 aromatic heterocycles. The fourth-order valence-corrected chi connectivity index (χ4v) is 3.16. The molecule has 0 bridgehead atoms. The number of hydrogen-bond donors (Lipinski definition) is 2. The van der Waals surface area contributed by atoms with Crippen molar-refractivity contribution in [1.29, 1.82) is 0 Å². The molecule has 0 amide bonds. The monoisotopic (exact) mass is 362 g/mol. The number of aromatic nitrogens is 4. The molecule has 0 atom stereocenters. The second-order valence-corrected chi connectivity index (χ2v) is 6.23. The minimum atomic E-state index is -4.35. The van der Waals surface area contributed by atoms with E-state index in [1.165, 1.54) is 18.5 Å². The van der Waals surface area contributed by atoms with Crippen molar-refractivity contribution in [3.05, 3.63) is 42.4 Å². The van der Waals surface area contributed by atoms with Crippen LogP contribution < -0.4 is 10.6 Å². The number of rotatable bonds is 3. The lowest BCUT2D eigenvalue weighted by Gasteiger charge is -2.23. The lowest BCUT2D eigenvalue weighted by molar-refractivity contribution is -0.137. The van der Waals surface area contributed by atoms with Gasteiger partial charge in [0.1, 0.15) is 12.1 Å². The molecule has 2 N–H and O–H groups in total. The topological polar surface area (TPSA) is 67.7 Å². The van der Waals surface area contributed by atoms with E-state index in [0.717, 1.165) is 49.1 Å². The summed E-state index contributed by atoms with van der Waals surface area (Å²) < 4.78 is 39.9. The largest absolute Gasteiger partial charge is 0.416 e. The van der Waals surface area contributed by atoms with Crippen LogP contribution in [-0.2, 0) is 6.18 Å². The number of alkyl halides is 3. The maximum atomic E-state index is 12.7. The van der Waals surface area contributed by atoms with Crippen LogP contribution in [0.25, 0.3) is 11.0 Å². The van der Waals surface area contributed by atoms with Gasteiger partial charge >= 0.3 is 6.18 Å². The Morgan fingerprint density at radius 1 is 1.08 bits per heavy atom. The van der Waals surface area contributed by atoms with Crippen LogP contribution in [0.15, 0.2) is 36.8 Å². The maximum Gasteiger partial charge on any atom is 0.416 e. The summed E-state index contributed by atoms with van der Waals surface area (Å²) in [4.78, 5) is 8.57. The molecule has 1 aromatic carbocycles. The van der Waals surface area contributed by atoms with Crippen LogP contribution in [0.5, 0.6) is 0 Å². The normalized spacial score (nSPS) is 16.1. The van der Waals surface area contributed by atoms with Crippen molar-refractivity contribution < 1.29 is 13.2 Å². The van der Waals surface area contributed by atoms with Gasteiger partial charge in [-0.1, -0.05) is 0 Å². The van der Waals surface area contributed by atoms with Gasteiger partial charge in [0.05, 0.1) is 23.2 Å². The molecule has 136 valence electrons. The standard InChI is InChI=1S/C17H17F3N6/c18-17(19,20)11-1-3-12(4-2-11)25-15-14-9-24-26(16(14)23-10-22-15)13-5-7-21-8-6-13/h1-4,9-10,13,21H,5-8H2,(H,22,23,25). The van der Waals surface area contributed by atoms with Crippen molar-refractivity contribution in [2.45, 2.75) is 25.1 Å². The summed E-state index contributed by atoms with van der Waals surface area (Å²) in [7, 11) is 0. The van der Waals surface area contributed by atoms with Crippen molar-refractivity contribution in [3.8, 4) is 0 Å². The minimum Gasteiger partial charge on any atom is -0.340 e. The second kappa shape index (κ2) is 6.56. The first-order valence-electron chi connectivity index (χ1n) is 8.35. The van der Waals surface area contributed by atoms with Crippen LogP contribution in [0, 0.1) is 0 Å². The molecular formula is C17H17F3N6. The van der Waals surface area contributed by atoms with Gasteiger partial charge in [-0.25, -0.2) is 14.6 Å². The Labute approximate surface area is 147 Å². The Kier molecular flexibility index (Phi) is 4.23. The zero-order chi connectivity index (χ0) is 18.1. The molecule has 1 saturated heterocycles. The number of fused-ring (bicyclic) bond motifs is 1. The molecule has 1 fully saturated rings. The maximum absolute atomic E-state index is 12.7. The first kappa shape index (κ1) is 16.8. The first-order chi connectivity index (χ1) is 12.5. The van der Waals surface area contributed by atoms with Gasteiger partial charge in [0, 0.05) is 5.69 Å². The van der Waals surface area contributed by atoms with E-state index in [0.29, 0.717) is 11.5 Å². The molecule has 0 aliphatic carbocycles. The Bertz CT molecular complexity index is 897. The Morgan fingerprint density at radius 2 is 1.81 bits per heavy atom. The molecule has 3 aromatic rings. The second-order valence-electron chi connectivity index (χ2n) is 6.23. The van der Waals surface area contributed by atoms with Gasteiger partial charge in [-0.2, -0.15) is 18.3 Å². The summed E-state index contributed by atoms with van der Waals surface area (Å²) in [6.45, 7) is 1.88. The predicted octanol–water partition coefficient (Wildman–Crippen LogP) is 3.51. The van der Waals surface area contributed by atoms with Crippen LogP contribution in [0.2, 0.25) is 0 Å². The third-order valence-corrected chi connectivity index (χ3v) is 4.52. The predicted molar refractivity (Wildman–Crippen MR) is 91.2 cm³/mol. The van der Waals surface area contributed by atoms with Gasteiger partial charge in [0.2, 0.25) is 0 Å². The highest BCUT2D eigenvalue weighted by Gasteiger charge is 2.30. The van der Waals surface area contributed by atoms with Crippen molar-refractivity contribution in [2.75, 3.05) is 18.4 Å². The highest BCUT2D eigenvalue weighted by atomic mass is 19.4. The molecule has 1 aliphatic heterocycles. The molecule has 9 heteroatoms. The highest BCUT2D eigenvalue weighted by Crippen LogP contribution is 2.31. The van der Waals surface area contributed by atoms with E-state index in [4.69, 9.17) is 0 Å². The number of hydrogen-bond acceptors (Lipinski definition) is 5. The third-order valence-electron chi connectivity index (χ3n) is 4.52. The van der Waals surface area contributed by atoms with Crippen molar-refractivity contribution in [1.82, 2.24) is 25.1 Å². The molecule has 1 aliphatic rings. The molecule has 26 heavy (non-hydrogen) atoms. The first-order valence-corrected chi connectivity index (χ1v) is 8.35. The summed E-state index contributed by atoms with van der Waals surface area (Å²) in [5, 5.41) is 11.6. The van der Waals surface area contributed by atoms with Gasteiger partial charge < -0.3 is 10.6 Å². The molecule has 3 heterocycles. The molecular weight excluding hydrogens is 345 g/mol. The van der Waals surface area contributed by atoms with E-state index in [1.54, 1.807) is 6.20 Å². The van der Waals surface area contributed by atoms with E-state index in [-0.39, 0.29) is 6.04 Å². The summed E-state index contributed by atoms with van der Waals surface area (Å²) in [6, 6.07) is 5.13. The third kappa shape index (κ3) is 3.22. The van der Waals surface area contributed by atoms with E-state index in [2.05, 4.69) is 25.7 Å². The number of nitrogens with zero attached hydrogens (tertiary/aromatic N) is 4. The van der Waals surface area contributed by atoms with Crippen LogP contribution in [-0.4, -0.2) is 32.8 Å². The molecule has 0 spiro atoms. The number of anilines is 2. The lowest BCUT2D eigenvalue weighted by Crippen LogP contribution is -2.29. The van der Waals surface area contributed by atoms with Crippen molar-refractivity contribution >= 4 is 22.5 Å². The van der Waals surface area contributed by atoms with Crippen LogP contribution >= 0.6 is 0 Å². The molecule has 0 radical (unpaired) electrons. The van der Waals surface area contributed by atoms with Crippen LogP contribution in [0.1, 0.15) is 24.4 Å². The van der Waals surface area contributed by atoms with E-state index < -0.39 is 11.7 Å². The fourth-order valence-electron chi connectivity index (χ4n) is 3.16. The summed E-state index contributed by atoms with van der Waals surface area (Å²) in [6.07, 6.45) is 0.736. The van der Waals surface area contributed by atoms with Crippen LogP contribution in [0.4, 0.5) is 24.7 Å². The van der Waals surface area contributed by atoms with Gasteiger partial charge in [-0.3, -0.25) is 0 Å². The van der Waals surface area contributed by atoms with Gasteiger partial charge in [-0.15, -0.1) is 0 Å². The Hall–Kier alpha value is -2.68. The zero-order valence-corrected chi connectivity index (χ0v) is 13.8. The summed E-state index contributed by atoms with van der Waals surface area (Å²) in [5.41, 5.74) is 0.559. The van der Waals surface area contributed by atoms with E-state index in [9.17, 15) is 13.2 Å². The Morgan fingerprint density at radius 3 is 2.50 bits per heavy atom. The highest BCUT2D eigenvalue weighted by molar-refractivity contribution is 5.88. The summed E-state index contributed by atoms with van der Waals surface area (Å²) >= 11 is 0. The molecule has 6 nitrogen and oxygen atoms in total. The van der Waals surface area contributed by atoms with Crippen molar-refractivity contribution in [3.63, 3.8) is 0 Å². The van der Waals surface area contributed by atoms with Crippen LogP contribution in [0.3, 0.4) is 0 Å². The summed E-state index contributed by atoms with van der Waals surface area (Å²) in [5.74, 6) is 0.523. The molecule has 4 rings (SSSR count). The number of benzene rings is 1. The lowest BCUT2D eigenvalue weighted by atomic mass is 10.1. The van der Waals surface area contributed by atoms with Gasteiger partial charge in [0.15, 0.2) is 5.65 Å². The van der Waals surface area contributed by atoms with E-state index in [1.807, 2.05) is 4.68 Å². The van der Waals surface area contributed by atoms with Gasteiger partial charge in [-0.05, 0) is 50.2 Å². The van der Waals surface area contributed by atoms with Gasteiger partial charge in [0.25, 0.3) is 0 Å². The number of nitrogens with one attached hydrogen (secondary N) is 2.